The maximum atomic E-state index is 11.2. The average molecular weight is 341 g/mol. The number of nitro benzene ring substituents is 1. The summed E-state index contributed by atoms with van der Waals surface area (Å²) in [6.45, 7) is 0. The van der Waals surface area contributed by atoms with Crippen molar-refractivity contribution >= 4 is 39.4 Å². The smallest absolute Gasteiger partial charge is 0.393 e. The fourth-order valence-electron chi connectivity index (χ4n) is 1.81. The van der Waals surface area contributed by atoms with Crippen molar-refractivity contribution in [3.8, 4) is 11.6 Å². The number of halogens is 1. The zero-order valence-electron chi connectivity index (χ0n) is 10.5. The Morgan fingerprint density at radius 3 is 2.73 bits per heavy atom. The summed E-state index contributed by atoms with van der Waals surface area (Å²) in [5.74, 6) is -0.897. The fraction of sp³-hybridized carbons (Fsp3) is 0. The Balaban J connectivity index is 2.11. The maximum absolute atomic E-state index is 11.2. The van der Waals surface area contributed by atoms with Gasteiger partial charge in [-0.1, -0.05) is 22.9 Å². The quantitative estimate of drug-likeness (QED) is 0.529. The Morgan fingerprint density at radius 1 is 1.27 bits per heavy atom. The van der Waals surface area contributed by atoms with Gasteiger partial charge in [0, 0.05) is 16.5 Å². The first-order chi connectivity index (χ1) is 10.5. The molecule has 3 aromatic rings. The molecule has 2 heterocycles. The van der Waals surface area contributed by atoms with Gasteiger partial charge in [0.2, 0.25) is 5.75 Å². The molecule has 3 rings (SSSR count). The molecule has 112 valence electrons. The number of imidazole rings is 1. The molecular weight excluding hydrogens is 336 g/mol. The van der Waals surface area contributed by atoms with Crippen LogP contribution in [0, 0.1) is 20.2 Å². The molecule has 1 aromatic carbocycles. The van der Waals surface area contributed by atoms with Crippen LogP contribution in [0.2, 0.25) is 5.02 Å². The monoisotopic (exact) mass is 340 g/mol. The number of ether oxygens (including phenoxy) is 1. The molecule has 11 heteroatoms. The van der Waals surface area contributed by atoms with Crippen LogP contribution in [0.5, 0.6) is 11.6 Å². The van der Waals surface area contributed by atoms with Crippen LogP contribution in [-0.2, 0) is 0 Å². The summed E-state index contributed by atoms with van der Waals surface area (Å²) in [6.07, 6.45) is 1.47. The molecule has 0 saturated carbocycles. The van der Waals surface area contributed by atoms with Crippen molar-refractivity contribution in [2.24, 2.45) is 0 Å². The van der Waals surface area contributed by atoms with Crippen LogP contribution in [0.4, 0.5) is 11.5 Å². The van der Waals surface area contributed by atoms with Crippen LogP contribution >= 0.6 is 22.9 Å². The summed E-state index contributed by atoms with van der Waals surface area (Å²) in [7, 11) is 0. The molecule has 0 aliphatic carbocycles. The highest BCUT2D eigenvalue weighted by atomic mass is 35.5. The highest BCUT2D eigenvalue weighted by molar-refractivity contribution is 7.15. The van der Waals surface area contributed by atoms with Crippen LogP contribution in [-0.4, -0.2) is 19.2 Å². The van der Waals surface area contributed by atoms with Gasteiger partial charge >= 0.3 is 17.4 Å². The molecule has 0 radical (unpaired) electrons. The van der Waals surface area contributed by atoms with Gasteiger partial charge in [0.1, 0.15) is 6.20 Å². The summed E-state index contributed by atoms with van der Waals surface area (Å²) >= 11 is 6.88. The molecule has 0 unspecified atom stereocenters. The number of fused-ring (bicyclic) bond motifs is 1. The topological polar surface area (TPSA) is 113 Å². The van der Waals surface area contributed by atoms with E-state index in [1.165, 1.54) is 34.1 Å². The zero-order valence-corrected chi connectivity index (χ0v) is 12.1. The lowest BCUT2D eigenvalue weighted by molar-refractivity contribution is -0.391. The van der Waals surface area contributed by atoms with Gasteiger partial charge < -0.3 is 14.9 Å². The molecule has 2 aromatic heterocycles. The lowest BCUT2D eigenvalue weighted by atomic mass is 10.3. The predicted molar refractivity (Wildman–Crippen MR) is 77.9 cm³/mol. The number of hydrogen-bond acceptors (Lipinski definition) is 7. The Bertz CT molecular complexity index is 905. The summed E-state index contributed by atoms with van der Waals surface area (Å²) < 4.78 is 6.53. The minimum absolute atomic E-state index is 0.152. The van der Waals surface area contributed by atoms with Crippen LogP contribution in [0.15, 0.2) is 29.8 Å². The second-order valence-corrected chi connectivity index (χ2v) is 5.33. The van der Waals surface area contributed by atoms with E-state index < -0.39 is 21.4 Å². The number of benzene rings is 1. The third-order valence-electron chi connectivity index (χ3n) is 2.70. The SMILES string of the molecule is O=[N+]([O-])c1cc(Cl)ccc1Oc1nc2sccn2c1[N+](=O)[O-]. The minimum atomic E-state index is -0.689. The Labute approximate surface area is 130 Å². The maximum Gasteiger partial charge on any atom is 0.393 e. The molecule has 22 heavy (non-hydrogen) atoms. The summed E-state index contributed by atoms with van der Waals surface area (Å²) in [4.78, 5) is 25.2. The van der Waals surface area contributed by atoms with Crippen molar-refractivity contribution in [1.29, 1.82) is 0 Å². The Kier molecular flexibility index (Phi) is 3.39. The van der Waals surface area contributed by atoms with Crippen LogP contribution in [0.25, 0.3) is 4.96 Å². The molecule has 0 bridgehead atoms. The Hall–Kier alpha value is -2.72. The second kappa shape index (κ2) is 5.24. The molecule has 0 amide bonds. The average Bonchev–Trinajstić information content (AvgIpc) is 3.00. The van der Waals surface area contributed by atoms with Gasteiger partial charge in [-0.25, -0.2) is 0 Å². The number of thiazole rings is 1. The standard InChI is InChI=1S/C11H5ClN4O5S/c12-6-1-2-8(7(5-6)15(17)18)21-9-10(16(19)20)14-3-4-22-11(14)13-9/h1-5H. The number of aromatic nitrogens is 2. The number of nitrogens with zero attached hydrogens (tertiary/aromatic N) is 4. The largest absolute Gasteiger partial charge is 0.425 e. The molecule has 0 aliphatic heterocycles. The number of rotatable bonds is 4. The zero-order chi connectivity index (χ0) is 15.9. The van der Waals surface area contributed by atoms with Crippen molar-refractivity contribution in [2.75, 3.05) is 0 Å². The Morgan fingerprint density at radius 2 is 2.05 bits per heavy atom. The van der Waals surface area contributed by atoms with Gasteiger partial charge in [0.25, 0.3) is 4.96 Å². The van der Waals surface area contributed by atoms with Gasteiger partial charge in [-0.05, 0) is 17.1 Å². The van der Waals surface area contributed by atoms with E-state index in [0.29, 0.717) is 4.96 Å². The fourth-order valence-corrected chi connectivity index (χ4v) is 2.68. The first-order valence-electron chi connectivity index (χ1n) is 5.69. The summed E-state index contributed by atoms with van der Waals surface area (Å²) in [6, 6.07) is 3.74. The van der Waals surface area contributed by atoms with E-state index in [4.69, 9.17) is 16.3 Å². The molecule has 0 N–H and O–H groups in total. The van der Waals surface area contributed by atoms with E-state index in [2.05, 4.69) is 4.98 Å². The molecule has 0 fully saturated rings. The van der Waals surface area contributed by atoms with E-state index in [0.717, 1.165) is 6.07 Å². The van der Waals surface area contributed by atoms with Gasteiger partial charge in [-0.3, -0.25) is 10.1 Å². The second-order valence-electron chi connectivity index (χ2n) is 4.02. The third-order valence-corrected chi connectivity index (χ3v) is 3.70. The van der Waals surface area contributed by atoms with Crippen molar-refractivity contribution in [3.05, 3.63) is 55.0 Å². The van der Waals surface area contributed by atoms with E-state index in [-0.39, 0.29) is 16.7 Å². The number of nitro groups is 2. The van der Waals surface area contributed by atoms with Gasteiger partial charge in [-0.15, -0.1) is 0 Å². The van der Waals surface area contributed by atoms with E-state index in [9.17, 15) is 20.2 Å². The summed E-state index contributed by atoms with van der Waals surface area (Å²) in [5, 5.41) is 24.0. The van der Waals surface area contributed by atoms with E-state index >= 15 is 0 Å². The van der Waals surface area contributed by atoms with Crippen molar-refractivity contribution in [1.82, 2.24) is 9.38 Å². The lowest BCUT2D eigenvalue weighted by Gasteiger charge is -2.03. The van der Waals surface area contributed by atoms with Crippen LogP contribution in [0.3, 0.4) is 0 Å². The molecule has 0 saturated heterocycles. The first-order valence-corrected chi connectivity index (χ1v) is 6.95. The molecular formula is C11H5ClN4O5S. The minimum Gasteiger partial charge on any atom is -0.425 e. The van der Waals surface area contributed by atoms with E-state index in [1.807, 2.05) is 0 Å². The lowest BCUT2D eigenvalue weighted by Crippen LogP contribution is -1.97. The van der Waals surface area contributed by atoms with Gasteiger partial charge in [-0.2, -0.15) is 9.38 Å². The highest BCUT2D eigenvalue weighted by Gasteiger charge is 2.28. The van der Waals surface area contributed by atoms with Crippen molar-refractivity contribution in [2.45, 2.75) is 0 Å². The number of hydrogen-bond donors (Lipinski definition) is 0. The molecule has 0 atom stereocenters. The van der Waals surface area contributed by atoms with Gasteiger partial charge in [0.15, 0.2) is 0 Å². The van der Waals surface area contributed by atoms with Crippen molar-refractivity contribution < 1.29 is 14.6 Å². The summed E-state index contributed by atoms with van der Waals surface area (Å²) in [5.41, 5.74) is -0.404. The highest BCUT2D eigenvalue weighted by Crippen LogP contribution is 2.38. The first kappa shape index (κ1) is 14.2. The predicted octanol–water partition coefficient (Wildman–Crippen LogP) is 3.66. The molecule has 0 aliphatic rings. The normalized spacial score (nSPS) is 10.8. The molecule has 9 nitrogen and oxygen atoms in total. The third kappa shape index (κ3) is 2.34. The van der Waals surface area contributed by atoms with Crippen molar-refractivity contribution in [3.63, 3.8) is 0 Å². The van der Waals surface area contributed by atoms with Crippen LogP contribution in [0.1, 0.15) is 0 Å². The van der Waals surface area contributed by atoms with Crippen LogP contribution < -0.4 is 4.74 Å². The van der Waals surface area contributed by atoms with Gasteiger partial charge in [0.05, 0.1) is 4.92 Å². The molecule has 0 spiro atoms. The van der Waals surface area contributed by atoms with E-state index in [1.54, 1.807) is 5.38 Å².